The summed E-state index contributed by atoms with van der Waals surface area (Å²) in [5.74, 6) is -0.927. The fraction of sp³-hybridized carbons (Fsp3) is 0.609. The van der Waals surface area contributed by atoms with Crippen molar-refractivity contribution >= 4 is 18.0 Å². The molecule has 3 rings (SSSR count). The van der Waals surface area contributed by atoms with Gasteiger partial charge in [0.1, 0.15) is 5.60 Å². The Kier molecular flexibility index (Phi) is 6.32. The van der Waals surface area contributed by atoms with Crippen molar-refractivity contribution in [1.82, 2.24) is 10.2 Å². The van der Waals surface area contributed by atoms with Crippen molar-refractivity contribution in [3.63, 3.8) is 0 Å². The van der Waals surface area contributed by atoms with Crippen LogP contribution in [-0.4, -0.2) is 61.0 Å². The minimum Gasteiger partial charge on any atom is -0.468 e. The van der Waals surface area contributed by atoms with Gasteiger partial charge in [0, 0.05) is 20.1 Å². The number of amides is 2. The average Bonchev–Trinajstić information content (AvgIpc) is 2.97. The zero-order chi connectivity index (χ0) is 22.9. The van der Waals surface area contributed by atoms with E-state index in [-0.39, 0.29) is 18.7 Å². The van der Waals surface area contributed by atoms with Gasteiger partial charge in [0.15, 0.2) is 11.1 Å². The lowest BCUT2D eigenvalue weighted by Crippen LogP contribution is -2.64. The van der Waals surface area contributed by atoms with E-state index in [1.165, 1.54) is 14.2 Å². The number of alkyl carbamates (subject to hydrolysis) is 1. The predicted molar refractivity (Wildman–Crippen MR) is 113 cm³/mol. The number of ether oxygens (including phenoxy) is 3. The minimum absolute atomic E-state index is 0.0807. The molecule has 2 heterocycles. The third-order valence-electron chi connectivity index (χ3n) is 6.05. The molecule has 0 unspecified atom stereocenters. The molecule has 0 aromatic heterocycles. The number of fused-ring (bicyclic) bond motifs is 1. The molecule has 2 amide bonds. The predicted octanol–water partition coefficient (Wildman–Crippen LogP) is 2.65. The van der Waals surface area contributed by atoms with Crippen LogP contribution in [0, 0.1) is 5.41 Å². The Morgan fingerprint density at radius 1 is 1.19 bits per heavy atom. The van der Waals surface area contributed by atoms with Gasteiger partial charge in [0.05, 0.1) is 13.2 Å². The quantitative estimate of drug-likeness (QED) is 0.568. The highest BCUT2D eigenvalue weighted by Gasteiger charge is 2.67. The van der Waals surface area contributed by atoms with Crippen molar-refractivity contribution in [2.75, 3.05) is 20.8 Å². The van der Waals surface area contributed by atoms with Crippen molar-refractivity contribution in [2.45, 2.75) is 63.8 Å². The molecule has 1 N–H and O–H groups in total. The lowest BCUT2D eigenvalue weighted by Gasteiger charge is -2.46. The van der Waals surface area contributed by atoms with E-state index in [4.69, 9.17) is 14.2 Å². The highest BCUT2D eigenvalue weighted by atomic mass is 16.6. The number of methoxy groups -OCH3 is 2. The lowest BCUT2D eigenvalue weighted by molar-refractivity contribution is -0.170. The zero-order valence-corrected chi connectivity index (χ0v) is 18.9. The molecule has 0 aliphatic carbocycles. The molecular formula is C23H32N2O6. The molecule has 0 radical (unpaired) electrons. The summed E-state index contributed by atoms with van der Waals surface area (Å²) in [5, 5.41) is 2.89. The van der Waals surface area contributed by atoms with Crippen molar-refractivity contribution in [3.05, 3.63) is 35.9 Å². The molecular weight excluding hydrogens is 400 g/mol. The molecule has 2 saturated heterocycles. The van der Waals surface area contributed by atoms with Gasteiger partial charge in [-0.2, -0.15) is 0 Å². The molecule has 0 saturated carbocycles. The molecule has 1 aromatic rings. The molecule has 1 aromatic carbocycles. The van der Waals surface area contributed by atoms with Crippen LogP contribution in [0.25, 0.3) is 0 Å². The number of hydrogen-bond donors (Lipinski definition) is 1. The van der Waals surface area contributed by atoms with E-state index >= 15 is 0 Å². The second-order valence-electron chi connectivity index (χ2n) is 9.26. The normalized spacial score (nSPS) is 28.1. The molecule has 8 nitrogen and oxygen atoms in total. The Labute approximate surface area is 183 Å². The summed E-state index contributed by atoms with van der Waals surface area (Å²) in [7, 11) is 2.79. The van der Waals surface area contributed by atoms with Crippen molar-refractivity contribution in [3.8, 4) is 0 Å². The van der Waals surface area contributed by atoms with E-state index in [0.29, 0.717) is 19.4 Å². The van der Waals surface area contributed by atoms with Gasteiger partial charge in [-0.1, -0.05) is 30.3 Å². The van der Waals surface area contributed by atoms with Gasteiger partial charge in [-0.25, -0.2) is 4.79 Å². The van der Waals surface area contributed by atoms with Crippen LogP contribution in [0.3, 0.4) is 0 Å². The zero-order valence-electron chi connectivity index (χ0n) is 18.9. The summed E-state index contributed by atoms with van der Waals surface area (Å²) in [5.41, 5.74) is -2.39. The smallest absolute Gasteiger partial charge is 0.408 e. The molecule has 170 valence electrons. The minimum atomic E-state index is -1.43. The third kappa shape index (κ3) is 4.26. The number of nitrogens with one attached hydrogen (secondary N) is 1. The standard InChI is InChI=1S/C23H32N2O6/c1-21(2,3)31-20(28)24-17-12-9-13-25-18(26)22(19(27)29-4,15-23(17,25)30-5)14-16-10-7-6-8-11-16/h6-8,10-11,17H,9,12-15H2,1-5H3,(H,24,28)/t17-,22-,23+/m0/s1. The Morgan fingerprint density at radius 3 is 2.45 bits per heavy atom. The maximum atomic E-state index is 13.7. The molecule has 31 heavy (non-hydrogen) atoms. The summed E-state index contributed by atoms with van der Waals surface area (Å²) in [6.07, 6.45) is 0.957. The summed E-state index contributed by atoms with van der Waals surface area (Å²) in [6.45, 7) is 5.79. The molecule has 3 atom stereocenters. The number of piperidine rings is 1. The Hall–Kier alpha value is -2.61. The molecule has 0 bridgehead atoms. The van der Waals surface area contributed by atoms with E-state index in [1.54, 1.807) is 25.7 Å². The van der Waals surface area contributed by atoms with E-state index in [2.05, 4.69) is 5.32 Å². The number of esters is 1. The van der Waals surface area contributed by atoms with E-state index in [0.717, 1.165) is 5.56 Å². The molecule has 2 fully saturated rings. The Bertz CT molecular complexity index is 836. The monoisotopic (exact) mass is 432 g/mol. The van der Waals surface area contributed by atoms with Gasteiger partial charge >= 0.3 is 12.1 Å². The number of hydrogen-bond acceptors (Lipinski definition) is 6. The van der Waals surface area contributed by atoms with E-state index in [9.17, 15) is 14.4 Å². The molecule has 8 heteroatoms. The molecule has 0 spiro atoms. The number of carbonyl (C=O) groups is 3. The first-order chi connectivity index (χ1) is 14.6. The van der Waals surface area contributed by atoms with Gasteiger partial charge < -0.3 is 24.4 Å². The fourth-order valence-electron chi connectivity index (χ4n) is 4.78. The SMILES string of the molecule is COC(=O)[C@@]1(Cc2ccccc2)C[C@@]2(OC)[C@@H](NC(=O)OC(C)(C)C)CCCN2C1=O. The largest absolute Gasteiger partial charge is 0.468 e. The summed E-state index contributed by atoms with van der Waals surface area (Å²) < 4.78 is 16.5. The first-order valence-electron chi connectivity index (χ1n) is 10.6. The van der Waals surface area contributed by atoms with Crippen molar-refractivity contribution < 1.29 is 28.6 Å². The van der Waals surface area contributed by atoms with Crippen LogP contribution in [0.4, 0.5) is 4.79 Å². The maximum Gasteiger partial charge on any atom is 0.408 e. The maximum absolute atomic E-state index is 13.7. The second kappa shape index (κ2) is 8.49. The summed E-state index contributed by atoms with van der Waals surface area (Å²) >= 11 is 0. The van der Waals surface area contributed by atoms with Crippen LogP contribution in [-0.2, 0) is 30.2 Å². The number of rotatable bonds is 5. The van der Waals surface area contributed by atoms with Gasteiger partial charge in [-0.3, -0.25) is 9.59 Å². The molecule has 2 aliphatic heterocycles. The first-order valence-corrected chi connectivity index (χ1v) is 10.6. The van der Waals surface area contributed by atoms with Crippen LogP contribution in [0.2, 0.25) is 0 Å². The lowest BCUT2D eigenvalue weighted by atomic mass is 9.76. The van der Waals surface area contributed by atoms with Crippen LogP contribution < -0.4 is 5.32 Å². The summed E-state index contributed by atoms with van der Waals surface area (Å²) in [4.78, 5) is 40.8. The summed E-state index contributed by atoms with van der Waals surface area (Å²) in [6, 6.07) is 8.85. The highest BCUT2D eigenvalue weighted by molar-refractivity contribution is 6.05. The van der Waals surface area contributed by atoms with Gasteiger partial charge in [-0.15, -0.1) is 0 Å². The Morgan fingerprint density at radius 2 is 1.87 bits per heavy atom. The molecule has 2 aliphatic rings. The average molecular weight is 433 g/mol. The van der Waals surface area contributed by atoms with Gasteiger partial charge in [-0.05, 0) is 45.6 Å². The van der Waals surface area contributed by atoms with Gasteiger partial charge in [0.2, 0.25) is 5.91 Å². The van der Waals surface area contributed by atoms with Crippen LogP contribution in [0.1, 0.15) is 45.6 Å². The van der Waals surface area contributed by atoms with Crippen LogP contribution in [0.15, 0.2) is 30.3 Å². The highest BCUT2D eigenvalue weighted by Crippen LogP contribution is 2.50. The topological polar surface area (TPSA) is 94.2 Å². The van der Waals surface area contributed by atoms with Crippen molar-refractivity contribution in [2.24, 2.45) is 5.41 Å². The fourth-order valence-corrected chi connectivity index (χ4v) is 4.78. The number of nitrogens with zero attached hydrogens (tertiary/aromatic N) is 1. The van der Waals surface area contributed by atoms with Crippen molar-refractivity contribution in [1.29, 1.82) is 0 Å². The van der Waals surface area contributed by atoms with E-state index in [1.807, 2.05) is 30.3 Å². The number of benzene rings is 1. The van der Waals surface area contributed by atoms with E-state index < -0.39 is 34.8 Å². The second-order valence-corrected chi connectivity index (χ2v) is 9.26. The third-order valence-corrected chi connectivity index (χ3v) is 6.05. The Balaban J connectivity index is 1.98. The van der Waals surface area contributed by atoms with Crippen LogP contribution in [0.5, 0.6) is 0 Å². The number of carbonyl (C=O) groups excluding carboxylic acids is 3. The van der Waals surface area contributed by atoms with Gasteiger partial charge in [0.25, 0.3) is 0 Å². The van der Waals surface area contributed by atoms with Crippen LogP contribution >= 0.6 is 0 Å². The first kappa shape index (κ1) is 23.1.